The van der Waals surface area contributed by atoms with Gasteiger partial charge in [0.25, 0.3) is 0 Å². The summed E-state index contributed by atoms with van der Waals surface area (Å²) in [5.41, 5.74) is 18.6. The van der Waals surface area contributed by atoms with Crippen molar-refractivity contribution in [2.45, 2.75) is 87.4 Å². The molecule has 1 aliphatic carbocycles. The number of hydrogen-bond acceptors (Lipinski definition) is 6. The van der Waals surface area contributed by atoms with Crippen molar-refractivity contribution in [1.29, 1.82) is 0 Å². The molecule has 1 saturated heterocycles. The summed E-state index contributed by atoms with van der Waals surface area (Å²) < 4.78 is 0. The number of aryl methyl sites for hydroxylation is 1. The Morgan fingerprint density at radius 2 is 1.75 bits per heavy atom. The Bertz CT molecular complexity index is 1820. The minimum atomic E-state index is -1.31. The van der Waals surface area contributed by atoms with Gasteiger partial charge in [0, 0.05) is 45.4 Å². The molecule has 0 aromatic heterocycles. The number of allylic oxidation sites excluding steroid dienone is 4. The highest BCUT2D eigenvalue weighted by Gasteiger charge is 2.37. The highest BCUT2D eigenvalue weighted by Crippen LogP contribution is 2.51. The van der Waals surface area contributed by atoms with E-state index in [2.05, 4.69) is 109 Å². The largest absolute Gasteiger partial charge is 0.405 e. The van der Waals surface area contributed by atoms with Crippen LogP contribution in [0.4, 0.5) is 5.69 Å². The van der Waals surface area contributed by atoms with Gasteiger partial charge in [-0.05, 0) is 118 Å². The highest BCUT2D eigenvalue weighted by atomic mass is 32.2. The molecule has 264 valence electrons. The summed E-state index contributed by atoms with van der Waals surface area (Å²) >= 11 is 1.93. The van der Waals surface area contributed by atoms with Gasteiger partial charge in [-0.15, -0.1) is 11.8 Å². The predicted octanol–water partition coefficient (Wildman–Crippen LogP) is 8.22. The summed E-state index contributed by atoms with van der Waals surface area (Å²) in [7, 11) is 5.94. The lowest BCUT2D eigenvalue weighted by Gasteiger charge is -2.28. The average Bonchev–Trinajstić information content (AvgIpc) is 3.40. The number of nitrogens with two attached hydrogens (primary N) is 2. The van der Waals surface area contributed by atoms with Crippen LogP contribution in [0.1, 0.15) is 85.2 Å². The maximum Gasteiger partial charge on any atom is 0.113 e. The second-order valence-electron chi connectivity index (χ2n) is 14.2. The number of thioether (sulfide) groups is 1. The Balaban J connectivity index is 0.00000188. The van der Waals surface area contributed by atoms with E-state index >= 15 is 0 Å². The van der Waals surface area contributed by atoms with Crippen LogP contribution in [0.2, 0.25) is 0 Å². The second-order valence-corrected chi connectivity index (χ2v) is 15.5. The third-order valence-corrected chi connectivity index (χ3v) is 10.2. The maximum atomic E-state index is 10.6. The molecule has 3 aromatic rings. The molecule has 5 nitrogen and oxygen atoms in total. The monoisotopic (exact) mass is 697 g/mol. The van der Waals surface area contributed by atoms with Crippen LogP contribution in [0, 0.1) is 11.8 Å². The molecule has 51 heavy (non-hydrogen) atoms. The first-order valence-electron chi connectivity index (χ1n) is 17.5. The Morgan fingerprint density at radius 1 is 1.02 bits per heavy atom. The Morgan fingerprint density at radius 3 is 2.37 bits per heavy atom. The molecule has 3 unspecified atom stereocenters. The molecule has 3 atom stereocenters. The van der Waals surface area contributed by atoms with E-state index in [1.165, 1.54) is 17.3 Å². The zero-order valence-electron chi connectivity index (χ0n) is 30.4. The van der Waals surface area contributed by atoms with Crippen molar-refractivity contribution in [2.24, 2.45) is 11.5 Å². The molecular weight excluding hydrogens is 645 g/mol. The fourth-order valence-corrected chi connectivity index (χ4v) is 7.89. The lowest BCUT2D eigenvalue weighted by atomic mass is 9.76. The van der Waals surface area contributed by atoms with Crippen molar-refractivity contribution in [1.82, 2.24) is 0 Å². The third kappa shape index (κ3) is 11.9. The zero-order chi connectivity index (χ0) is 37.2. The molecule has 1 heterocycles. The zero-order valence-corrected chi connectivity index (χ0v) is 31.2. The van der Waals surface area contributed by atoms with Crippen molar-refractivity contribution in [2.75, 3.05) is 4.90 Å². The van der Waals surface area contributed by atoms with Gasteiger partial charge in [0.15, 0.2) is 0 Å². The molecular formula is C44H52BN3O2S. The minimum Gasteiger partial charge on any atom is -0.405 e. The van der Waals surface area contributed by atoms with Crippen LogP contribution < -0.4 is 16.4 Å². The molecule has 0 saturated carbocycles. The van der Waals surface area contributed by atoms with Crippen molar-refractivity contribution >= 4 is 31.0 Å². The minimum absolute atomic E-state index is 0.0523. The van der Waals surface area contributed by atoms with Crippen LogP contribution in [-0.2, 0) is 19.3 Å². The quantitative estimate of drug-likeness (QED) is 0.119. The summed E-state index contributed by atoms with van der Waals surface area (Å²) in [6.07, 6.45) is 13.5. The van der Waals surface area contributed by atoms with Crippen LogP contribution in [0.5, 0.6) is 0 Å². The molecule has 2 radical (unpaired) electrons. The third-order valence-electron chi connectivity index (χ3n) is 8.62. The van der Waals surface area contributed by atoms with Crippen LogP contribution >= 0.6 is 11.8 Å². The van der Waals surface area contributed by atoms with E-state index in [0.29, 0.717) is 18.5 Å². The maximum absolute atomic E-state index is 10.6. The van der Waals surface area contributed by atoms with E-state index in [9.17, 15) is 10.2 Å². The van der Waals surface area contributed by atoms with Gasteiger partial charge in [-0.3, -0.25) is 0 Å². The number of rotatable bonds is 11. The van der Waals surface area contributed by atoms with E-state index in [1.54, 1.807) is 6.92 Å². The predicted molar refractivity (Wildman–Crippen MR) is 219 cm³/mol. The van der Waals surface area contributed by atoms with Gasteiger partial charge >= 0.3 is 0 Å². The molecule has 3 aromatic carbocycles. The molecule has 2 aliphatic rings. The smallest absolute Gasteiger partial charge is 0.113 e. The van der Waals surface area contributed by atoms with Gasteiger partial charge < -0.3 is 26.6 Å². The van der Waals surface area contributed by atoms with E-state index in [4.69, 9.17) is 13.6 Å². The highest BCUT2D eigenvalue weighted by molar-refractivity contribution is 8.00. The first kappa shape index (κ1) is 39.4. The van der Waals surface area contributed by atoms with E-state index in [1.807, 2.05) is 43.8 Å². The van der Waals surface area contributed by atoms with Gasteiger partial charge in [0.2, 0.25) is 0 Å². The van der Waals surface area contributed by atoms with Gasteiger partial charge in [-0.1, -0.05) is 92.3 Å². The van der Waals surface area contributed by atoms with Crippen LogP contribution in [0.15, 0.2) is 122 Å². The molecule has 7 heteroatoms. The van der Waals surface area contributed by atoms with E-state index in [-0.39, 0.29) is 10.6 Å². The van der Waals surface area contributed by atoms with Crippen LogP contribution in [0.3, 0.4) is 0 Å². The number of aliphatic hydroxyl groups is 2. The molecule has 5 rings (SSSR count). The van der Waals surface area contributed by atoms with Crippen molar-refractivity contribution in [3.05, 3.63) is 156 Å². The first-order valence-corrected chi connectivity index (χ1v) is 18.5. The number of benzene rings is 3. The van der Waals surface area contributed by atoms with Gasteiger partial charge in [0.05, 0.1) is 5.60 Å². The first-order chi connectivity index (χ1) is 24.2. The average molecular weight is 698 g/mol. The lowest BCUT2D eigenvalue weighted by Crippen LogP contribution is -2.29. The molecule has 0 spiro atoms. The van der Waals surface area contributed by atoms with E-state index in [0.717, 1.165) is 71.3 Å². The van der Waals surface area contributed by atoms with Crippen LogP contribution in [0.25, 0.3) is 5.70 Å². The normalized spacial score (nSPS) is 18.1. The van der Waals surface area contributed by atoms with Crippen LogP contribution in [-0.4, -0.2) is 34.4 Å². The number of hydrogen-bond donors (Lipinski definition) is 4. The molecule has 0 amide bonds. The summed E-state index contributed by atoms with van der Waals surface area (Å²) in [6.45, 7) is 16.9. The fourth-order valence-electron chi connectivity index (χ4n) is 6.32. The Labute approximate surface area is 311 Å². The molecule has 1 fully saturated rings. The summed E-state index contributed by atoms with van der Waals surface area (Å²) in [5.74, 6) is 6.62. The van der Waals surface area contributed by atoms with Crippen molar-refractivity contribution in [3.8, 4) is 11.8 Å². The van der Waals surface area contributed by atoms with Crippen molar-refractivity contribution in [3.63, 3.8) is 0 Å². The summed E-state index contributed by atoms with van der Waals surface area (Å²) in [5, 5.41) is 21.1. The molecule has 1 aliphatic heterocycles. The molecule has 6 N–H and O–H groups in total. The van der Waals surface area contributed by atoms with E-state index < -0.39 is 11.1 Å². The number of anilines is 1. The fraction of sp³-hybridized carbons (Fsp3) is 0.318. The summed E-state index contributed by atoms with van der Waals surface area (Å²) in [4.78, 5) is 2.34. The van der Waals surface area contributed by atoms with Gasteiger partial charge in [-0.25, -0.2) is 0 Å². The van der Waals surface area contributed by atoms with Crippen molar-refractivity contribution < 1.29 is 10.2 Å². The Kier molecular flexibility index (Phi) is 13.7. The number of nitrogens with zero attached hydrogens (tertiary/aromatic N) is 1. The SMILES string of the molecule is C=CN.[B]C(C)(O)Cc1ccc(CCCC2SC(c3ccc(C#CC4=CCCC=C4)cc3)N(c3cccc(C(=C)N)c3)C2=C)cc1CC(C)(C)O. The van der Waals surface area contributed by atoms with Gasteiger partial charge in [-0.2, -0.15) is 0 Å². The Hall–Kier alpha value is -4.35. The standard InChI is InChI=1S/C42H47BN2O2S.C2H5N/c1-29(44)35-14-10-15-38(26-35)45-30(2)39(48-40(45)34-22-19-32(20-23-34)18-17-31-11-7-6-8-12-31)16-9-13-33-21-24-36(28-42(5,43)47)37(25-33)27-41(3,4)46;1-2-3/h7,10-12,14-15,19-26,39-40,46-47H,1-2,6,8-9,13,16,27-28,44H2,3-5H3;2H,1,3H2. The summed E-state index contributed by atoms with van der Waals surface area (Å²) in [6, 6.07) is 23.2. The second kappa shape index (κ2) is 17.7. The lowest BCUT2D eigenvalue weighted by molar-refractivity contribution is 0.0802. The topological polar surface area (TPSA) is 95.7 Å². The van der Waals surface area contributed by atoms with Gasteiger partial charge in [0.1, 0.15) is 13.2 Å². The molecule has 0 bridgehead atoms.